The third-order valence-electron chi connectivity index (χ3n) is 7.10. The van der Waals surface area contributed by atoms with Crippen molar-refractivity contribution in [2.45, 2.75) is 57.4 Å². The first kappa shape index (κ1) is 19.4. The number of hydrogen-bond acceptors (Lipinski definition) is 4. The number of hydroxylamine groups is 1. The van der Waals surface area contributed by atoms with Gasteiger partial charge in [-0.1, -0.05) is 31.2 Å². The molecule has 2 atom stereocenters. The van der Waals surface area contributed by atoms with E-state index in [0.717, 1.165) is 51.7 Å². The predicted octanol–water partition coefficient (Wildman–Crippen LogP) is 2.22. The van der Waals surface area contributed by atoms with Gasteiger partial charge in [-0.3, -0.25) is 14.8 Å². The number of piperidine rings is 2. The molecule has 2 saturated heterocycles. The standard InChI is InChI=1S/C22H31N3O3/c1-2-15-5-3-4-6-17(15)16-7-11-25(12-8-16)21(27)19-18(20(26)24-28)13-22(9-10-22)14-23-19/h3-6,16,18-19,23,28H,2,7-14H2,1H3,(H,24,26)/t18-,19-/m0/s1. The van der Waals surface area contributed by atoms with Gasteiger partial charge in [-0.25, -0.2) is 5.48 Å². The molecule has 1 aromatic carbocycles. The van der Waals surface area contributed by atoms with Crippen LogP contribution in [-0.2, 0) is 16.0 Å². The van der Waals surface area contributed by atoms with Crippen LogP contribution in [0.25, 0.3) is 0 Å². The minimum absolute atomic E-state index is 0.00586. The summed E-state index contributed by atoms with van der Waals surface area (Å²) in [5.74, 6) is -0.437. The van der Waals surface area contributed by atoms with Crippen LogP contribution in [0.5, 0.6) is 0 Å². The molecule has 6 nitrogen and oxygen atoms in total. The van der Waals surface area contributed by atoms with E-state index >= 15 is 0 Å². The summed E-state index contributed by atoms with van der Waals surface area (Å²) in [7, 11) is 0. The van der Waals surface area contributed by atoms with Crippen molar-refractivity contribution in [1.82, 2.24) is 15.7 Å². The first-order valence-corrected chi connectivity index (χ1v) is 10.6. The lowest BCUT2D eigenvalue weighted by Crippen LogP contribution is -2.59. The van der Waals surface area contributed by atoms with Crippen LogP contribution in [0.3, 0.4) is 0 Å². The van der Waals surface area contributed by atoms with Crippen molar-refractivity contribution in [2.24, 2.45) is 11.3 Å². The number of nitrogens with one attached hydrogen (secondary N) is 2. The zero-order chi connectivity index (χ0) is 19.7. The molecule has 1 saturated carbocycles. The molecule has 2 amide bonds. The van der Waals surface area contributed by atoms with Gasteiger partial charge in [0.25, 0.3) is 0 Å². The molecule has 2 heterocycles. The normalized spacial score (nSPS) is 26.9. The second-order valence-corrected chi connectivity index (χ2v) is 8.80. The number of aryl methyl sites for hydroxylation is 1. The van der Waals surface area contributed by atoms with E-state index in [0.29, 0.717) is 12.3 Å². The summed E-state index contributed by atoms with van der Waals surface area (Å²) in [6.07, 6.45) is 5.81. The highest BCUT2D eigenvalue weighted by atomic mass is 16.5. The van der Waals surface area contributed by atoms with Gasteiger partial charge in [0.1, 0.15) is 0 Å². The third kappa shape index (κ3) is 3.67. The molecule has 0 radical (unpaired) electrons. The number of carbonyl (C=O) groups is 2. The highest BCUT2D eigenvalue weighted by Gasteiger charge is 2.52. The molecule has 4 rings (SSSR count). The fourth-order valence-corrected chi connectivity index (χ4v) is 5.13. The van der Waals surface area contributed by atoms with Gasteiger partial charge in [-0.05, 0) is 61.0 Å². The van der Waals surface area contributed by atoms with Crippen molar-refractivity contribution >= 4 is 11.8 Å². The molecular formula is C22H31N3O3. The molecular weight excluding hydrogens is 354 g/mol. The van der Waals surface area contributed by atoms with E-state index in [-0.39, 0.29) is 11.3 Å². The summed E-state index contributed by atoms with van der Waals surface area (Å²) in [5.41, 5.74) is 4.75. The van der Waals surface area contributed by atoms with Gasteiger partial charge in [0.2, 0.25) is 11.8 Å². The molecule has 0 unspecified atom stereocenters. The number of rotatable bonds is 4. The van der Waals surface area contributed by atoms with Gasteiger partial charge in [-0.2, -0.15) is 0 Å². The zero-order valence-corrected chi connectivity index (χ0v) is 16.6. The molecule has 152 valence electrons. The van der Waals surface area contributed by atoms with Gasteiger partial charge < -0.3 is 10.2 Å². The summed E-state index contributed by atoms with van der Waals surface area (Å²) < 4.78 is 0. The van der Waals surface area contributed by atoms with Crippen LogP contribution in [0, 0.1) is 11.3 Å². The average molecular weight is 386 g/mol. The van der Waals surface area contributed by atoms with Crippen LogP contribution < -0.4 is 10.8 Å². The molecule has 3 aliphatic rings. The Morgan fingerprint density at radius 2 is 1.96 bits per heavy atom. The van der Waals surface area contributed by atoms with Crippen molar-refractivity contribution in [3.05, 3.63) is 35.4 Å². The summed E-state index contributed by atoms with van der Waals surface area (Å²) >= 11 is 0. The Morgan fingerprint density at radius 1 is 1.25 bits per heavy atom. The second-order valence-electron chi connectivity index (χ2n) is 8.80. The molecule has 1 aliphatic carbocycles. The molecule has 2 aliphatic heterocycles. The molecule has 3 fully saturated rings. The Labute approximate surface area is 166 Å². The minimum atomic E-state index is -0.530. The third-order valence-corrected chi connectivity index (χ3v) is 7.10. The highest BCUT2D eigenvalue weighted by molar-refractivity contribution is 5.90. The lowest BCUT2D eigenvalue weighted by Gasteiger charge is -2.40. The summed E-state index contributed by atoms with van der Waals surface area (Å²) in [4.78, 5) is 27.3. The number of carbonyl (C=O) groups excluding carboxylic acids is 2. The minimum Gasteiger partial charge on any atom is -0.341 e. The van der Waals surface area contributed by atoms with Crippen molar-refractivity contribution in [3.63, 3.8) is 0 Å². The molecule has 0 aromatic heterocycles. The predicted molar refractivity (Wildman–Crippen MR) is 106 cm³/mol. The van der Waals surface area contributed by atoms with E-state index in [4.69, 9.17) is 5.21 Å². The van der Waals surface area contributed by atoms with E-state index in [2.05, 4.69) is 36.5 Å². The fraction of sp³-hybridized carbons (Fsp3) is 0.636. The van der Waals surface area contributed by atoms with Gasteiger partial charge in [-0.15, -0.1) is 0 Å². The van der Waals surface area contributed by atoms with E-state index in [1.54, 1.807) is 5.48 Å². The number of hydrogen-bond donors (Lipinski definition) is 3. The first-order valence-electron chi connectivity index (χ1n) is 10.6. The number of amides is 2. The molecule has 1 aromatic rings. The topological polar surface area (TPSA) is 81.7 Å². The SMILES string of the molecule is CCc1ccccc1C1CCN(C(=O)[C@H]2NCC3(CC3)C[C@@H]2C(=O)NO)CC1. The number of benzene rings is 1. The highest BCUT2D eigenvalue weighted by Crippen LogP contribution is 2.52. The van der Waals surface area contributed by atoms with Crippen LogP contribution in [0.4, 0.5) is 0 Å². The van der Waals surface area contributed by atoms with Crippen molar-refractivity contribution < 1.29 is 14.8 Å². The van der Waals surface area contributed by atoms with E-state index in [9.17, 15) is 9.59 Å². The van der Waals surface area contributed by atoms with Crippen LogP contribution >= 0.6 is 0 Å². The van der Waals surface area contributed by atoms with Crippen LogP contribution in [0.15, 0.2) is 24.3 Å². The van der Waals surface area contributed by atoms with Gasteiger partial charge in [0.05, 0.1) is 12.0 Å². The van der Waals surface area contributed by atoms with Crippen molar-refractivity contribution in [3.8, 4) is 0 Å². The Morgan fingerprint density at radius 3 is 2.61 bits per heavy atom. The zero-order valence-electron chi connectivity index (χ0n) is 16.6. The quantitative estimate of drug-likeness (QED) is 0.548. The summed E-state index contributed by atoms with van der Waals surface area (Å²) in [6, 6.07) is 8.08. The molecule has 28 heavy (non-hydrogen) atoms. The lowest BCUT2D eigenvalue weighted by atomic mass is 9.80. The van der Waals surface area contributed by atoms with Crippen molar-refractivity contribution in [2.75, 3.05) is 19.6 Å². The fourth-order valence-electron chi connectivity index (χ4n) is 5.13. The largest absolute Gasteiger partial charge is 0.341 e. The Hall–Kier alpha value is -1.92. The Bertz CT molecular complexity index is 738. The van der Waals surface area contributed by atoms with Gasteiger partial charge in [0.15, 0.2) is 0 Å². The van der Waals surface area contributed by atoms with Gasteiger partial charge >= 0.3 is 0 Å². The molecule has 1 spiro atoms. The Kier molecular flexibility index (Phi) is 5.43. The second kappa shape index (κ2) is 7.84. The maximum atomic E-state index is 13.2. The van der Waals surface area contributed by atoms with Crippen LogP contribution in [0.1, 0.15) is 56.1 Å². The molecule has 6 heteroatoms. The lowest BCUT2D eigenvalue weighted by molar-refractivity contribution is -0.145. The summed E-state index contributed by atoms with van der Waals surface area (Å²) in [5, 5.41) is 12.5. The van der Waals surface area contributed by atoms with E-state index < -0.39 is 17.9 Å². The average Bonchev–Trinajstić information content (AvgIpc) is 3.51. The maximum absolute atomic E-state index is 13.2. The number of likely N-dealkylation sites (tertiary alicyclic amines) is 1. The van der Waals surface area contributed by atoms with Crippen molar-refractivity contribution in [1.29, 1.82) is 0 Å². The smallest absolute Gasteiger partial charge is 0.248 e. The Balaban J connectivity index is 1.41. The van der Waals surface area contributed by atoms with Gasteiger partial charge in [0, 0.05) is 19.6 Å². The molecule has 3 N–H and O–H groups in total. The van der Waals surface area contributed by atoms with E-state index in [1.807, 2.05) is 4.90 Å². The van der Waals surface area contributed by atoms with E-state index in [1.165, 1.54) is 11.1 Å². The van der Waals surface area contributed by atoms with Crippen LogP contribution in [0.2, 0.25) is 0 Å². The maximum Gasteiger partial charge on any atom is 0.248 e. The summed E-state index contributed by atoms with van der Waals surface area (Å²) in [6.45, 7) is 4.42. The monoisotopic (exact) mass is 385 g/mol. The number of nitrogens with zero attached hydrogens (tertiary/aromatic N) is 1. The first-order chi connectivity index (χ1) is 13.6. The van der Waals surface area contributed by atoms with Crippen LogP contribution in [-0.4, -0.2) is 47.6 Å². The molecule has 0 bridgehead atoms.